The van der Waals surface area contributed by atoms with Crippen molar-refractivity contribution in [2.24, 2.45) is 5.92 Å². The van der Waals surface area contributed by atoms with E-state index in [9.17, 15) is 9.59 Å². The number of aromatic nitrogens is 3. The molecular weight excluding hydrogens is 432 g/mol. The first-order valence-corrected chi connectivity index (χ1v) is 11.6. The van der Waals surface area contributed by atoms with Gasteiger partial charge in [-0.15, -0.1) is 0 Å². The maximum Gasteiger partial charge on any atom is 0.269 e. The van der Waals surface area contributed by atoms with E-state index < -0.39 is 0 Å². The number of nitrogens with zero attached hydrogens (tertiary/aromatic N) is 6. The van der Waals surface area contributed by atoms with E-state index in [0.29, 0.717) is 30.2 Å². The van der Waals surface area contributed by atoms with Crippen molar-refractivity contribution in [2.75, 3.05) is 30.4 Å². The van der Waals surface area contributed by atoms with E-state index in [0.717, 1.165) is 37.3 Å². The second-order valence-electron chi connectivity index (χ2n) is 8.97. The van der Waals surface area contributed by atoms with E-state index in [1.807, 2.05) is 26.0 Å². The van der Waals surface area contributed by atoms with Gasteiger partial charge in [0.2, 0.25) is 11.9 Å². The summed E-state index contributed by atoms with van der Waals surface area (Å²) < 4.78 is 0. The van der Waals surface area contributed by atoms with Crippen LogP contribution in [0.3, 0.4) is 0 Å². The first-order valence-electron chi connectivity index (χ1n) is 11.6. The molecule has 0 aliphatic carbocycles. The molecule has 2 aliphatic heterocycles. The summed E-state index contributed by atoms with van der Waals surface area (Å²) in [5.41, 5.74) is 1.83. The number of nitrogens with one attached hydrogen (secondary N) is 2. The largest absolute Gasteiger partial charge is 0.354 e. The molecule has 0 aromatic carbocycles. The standard InChI is InChI=1S/C24H30N8O2/c1-15(5-4-9-25)23(34)32-18-6-7-19(32)14-31(13-18)20-8-10-27-24(30-20)29-17-11-16(2)21(28-12-17)22(33)26-3/h8,10-12,15,18-19H,4-7,13-14H2,1-3H3,(H,26,33)(H,27,29,30)/t15-,18?,19?/m0/s1. The Hall–Kier alpha value is -3.74. The average Bonchev–Trinajstić information content (AvgIpc) is 3.10. The van der Waals surface area contributed by atoms with Crippen LogP contribution in [0.25, 0.3) is 0 Å². The Bertz CT molecular complexity index is 1100. The molecule has 2 saturated heterocycles. The molecule has 0 radical (unpaired) electrons. The second-order valence-corrected chi connectivity index (χ2v) is 8.97. The number of aryl methyl sites for hydroxylation is 1. The summed E-state index contributed by atoms with van der Waals surface area (Å²) in [6.07, 6.45) is 6.28. The normalized spacial score (nSPS) is 19.9. The minimum Gasteiger partial charge on any atom is -0.354 e. The van der Waals surface area contributed by atoms with Crippen molar-refractivity contribution in [3.63, 3.8) is 0 Å². The topological polar surface area (TPSA) is 127 Å². The number of rotatable bonds is 7. The number of hydrogen-bond acceptors (Lipinski definition) is 8. The molecule has 3 atom stereocenters. The van der Waals surface area contributed by atoms with Crippen LogP contribution in [0.2, 0.25) is 0 Å². The number of pyridine rings is 1. The fourth-order valence-electron chi connectivity index (χ4n) is 4.82. The first-order chi connectivity index (χ1) is 16.4. The summed E-state index contributed by atoms with van der Waals surface area (Å²) in [6.45, 7) is 5.21. The molecule has 2 fully saturated rings. The van der Waals surface area contributed by atoms with Crippen molar-refractivity contribution in [1.82, 2.24) is 25.2 Å². The van der Waals surface area contributed by atoms with Crippen LogP contribution >= 0.6 is 0 Å². The maximum absolute atomic E-state index is 13.0. The zero-order chi connectivity index (χ0) is 24.2. The lowest BCUT2D eigenvalue weighted by Crippen LogP contribution is -2.57. The second kappa shape index (κ2) is 10.0. The molecule has 2 aliphatic rings. The minimum atomic E-state index is -0.228. The molecule has 4 heterocycles. The van der Waals surface area contributed by atoms with Crippen LogP contribution in [0.15, 0.2) is 24.5 Å². The highest BCUT2D eigenvalue weighted by Gasteiger charge is 2.43. The van der Waals surface area contributed by atoms with Crippen LogP contribution in [-0.4, -0.2) is 63.9 Å². The lowest BCUT2D eigenvalue weighted by atomic mass is 10.0. The van der Waals surface area contributed by atoms with Gasteiger partial charge >= 0.3 is 0 Å². The van der Waals surface area contributed by atoms with Gasteiger partial charge in [0.25, 0.3) is 5.91 Å². The molecular formula is C24H30N8O2. The highest BCUT2D eigenvalue weighted by Crippen LogP contribution is 2.34. The van der Waals surface area contributed by atoms with Gasteiger partial charge in [-0.2, -0.15) is 10.2 Å². The van der Waals surface area contributed by atoms with Crippen LogP contribution in [0.5, 0.6) is 0 Å². The molecule has 10 nitrogen and oxygen atoms in total. The van der Waals surface area contributed by atoms with Crippen molar-refractivity contribution in [1.29, 1.82) is 5.26 Å². The van der Waals surface area contributed by atoms with E-state index in [1.165, 1.54) is 0 Å². The fourth-order valence-corrected chi connectivity index (χ4v) is 4.82. The summed E-state index contributed by atoms with van der Waals surface area (Å²) >= 11 is 0. The molecule has 2 amide bonds. The van der Waals surface area contributed by atoms with E-state index >= 15 is 0 Å². The fraction of sp³-hybridized carbons (Fsp3) is 0.500. The molecule has 2 unspecified atom stereocenters. The van der Waals surface area contributed by atoms with Crippen LogP contribution in [-0.2, 0) is 4.79 Å². The van der Waals surface area contributed by atoms with Crippen LogP contribution < -0.4 is 15.5 Å². The van der Waals surface area contributed by atoms with Gasteiger partial charge < -0.3 is 20.4 Å². The van der Waals surface area contributed by atoms with Gasteiger partial charge in [-0.3, -0.25) is 9.59 Å². The third kappa shape index (κ3) is 4.78. The molecule has 4 rings (SSSR count). The smallest absolute Gasteiger partial charge is 0.269 e. The number of fused-ring (bicyclic) bond motifs is 2. The number of amides is 2. The van der Waals surface area contributed by atoms with E-state index in [4.69, 9.17) is 10.2 Å². The predicted molar refractivity (Wildman–Crippen MR) is 128 cm³/mol. The minimum absolute atomic E-state index is 0.129. The molecule has 2 bridgehead atoms. The highest BCUT2D eigenvalue weighted by atomic mass is 16.2. The Kier molecular flexibility index (Phi) is 6.91. The predicted octanol–water partition coefficient (Wildman–Crippen LogP) is 2.40. The van der Waals surface area contributed by atoms with Crippen LogP contribution in [0, 0.1) is 24.2 Å². The van der Waals surface area contributed by atoms with Crippen LogP contribution in [0.1, 0.15) is 48.7 Å². The van der Waals surface area contributed by atoms with Crippen LogP contribution in [0.4, 0.5) is 17.5 Å². The zero-order valence-corrected chi connectivity index (χ0v) is 19.8. The van der Waals surface area contributed by atoms with Gasteiger partial charge in [0.05, 0.1) is 18.0 Å². The van der Waals surface area contributed by atoms with E-state index in [-0.39, 0.29) is 29.8 Å². The van der Waals surface area contributed by atoms with Gasteiger partial charge in [0.1, 0.15) is 11.5 Å². The molecule has 34 heavy (non-hydrogen) atoms. The van der Waals surface area contributed by atoms with Gasteiger partial charge in [0, 0.05) is 50.8 Å². The summed E-state index contributed by atoms with van der Waals surface area (Å²) in [7, 11) is 1.58. The number of piperazine rings is 1. The summed E-state index contributed by atoms with van der Waals surface area (Å²) in [5.74, 6) is 1.06. The summed E-state index contributed by atoms with van der Waals surface area (Å²) in [6, 6.07) is 6.18. The van der Waals surface area contributed by atoms with Gasteiger partial charge in [-0.25, -0.2) is 9.97 Å². The maximum atomic E-state index is 13.0. The monoisotopic (exact) mass is 462 g/mol. The Balaban J connectivity index is 1.44. The Morgan fingerprint density at radius 1 is 1.26 bits per heavy atom. The van der Waals surface area contributed by atoms with Crippen molar-refractivity contribution in [2.45, 2.75) is 51.6 Å². The molecule has 10 heteroatoms. The molecule has 178 valence electrons. The number of anilines is 3. The van der Waals surface area contributed by atoms with Gasteiger partial charge in [0.15, 0.2) is 0 Å². The van der Waals surface area contributed by atoms with Gasteiger partial charge in [-0.05, 0) is 43.9 Å². The number of nitriles is 1. The highest BCUT2D eigenvalue weighted by molar-refractivity contribution is 5.93. The summed E-state index contributed by atoms with van der Waals surface area (Å²) in [5, 5.41) is 14.6. The van der Waals surface area contributed by atoms with Crippen molar-refractivity contribution in [3.8, 4) is 6.07 Å². The number of carbonyl (C=O) groups excluding carboxylic acids is 2. The molecule has 0 spiro atoms. The first kappa shape index (κ1) is 23.4. The Labute approximate surface area is 199 Å². The van der Waals surface area contributed by atoms with E-state index in [2.05, 4.69) is 36.5 Å². The summed E-state index contributed by atoms with van der Waals surface area (Å²) in [4.78, 5) is 42.4. The molecule has 2 aromatic rings. The molecule has 0 saturated carbocycles. The SMILES string of the molecule is CNC(=O)c1ncc(Nc2nccc(N3CC4CCC(C3)N4C(=O)[C@@H](C)CCC#N)n2)cc1C. The van der Waals surface area contributed by atoms with Gasteiger partial charge in [-0.1, -0.05) is 6.92 Å². The lowest BCUT2D eigenvalue weighted by Gasteiger charge is -2.42. The van der Waals surface area contributed by atoms with Crippen molar-refractivity contribution in [3.05, 3.63) is 35.8 Å². The van der Waals surface area contributed by atoms with Crippen molar-refractivity contribution < 1.29 is 9.59 Å². The Morgan fingerprint density at radius 3 is 2.65 bits per heavy atom. The molecule has 2 aromatic heterocycles. The Morgan fingerprint density at radius 2 is 2.00 bits per heavy atom. The lowest BCUT2D eigenvalue weighted by molar-refractivity contribution is -0.138. The third-order valence-electron chi connectivity index (χ3n) is 6.59. The molecule has 2 N–H and O–H groups in total. The van der Waals surface area contributed by atoms with E-state index in [1.54, 1.807) is 19.4 Å². The van der Waals surface area contributed by atoms with Crippen molar-refractivity contribution >= 4 is 29.3 Å². The quantitative estimate of drug-likeness (QED) is 0.642. The number of carbonyl (C=O) groups is 2. The average molecular weight is 463 g/mol. The zero-order valence-electron chi connectivity index (χ0n) is 19.8. The number of hydrogen-bond donors (Lipinski definition) is 2. The third-order valence-corrected chi connectivity index (χ3v) is 6.59.